The molecule has 2 saturated heterocycles. The highest BCUT2D eigenvalue weighted by Crippen LogP contribution is 2.62. The van der Waals surface area contributed by atoms with E-state index in [0.717, 1.165) is 64.2 Å². The minimum atomic E-state index is -0.763. The highest BCUT2D eigenvalue weighted by Gasteiger charge is 2.68. The number of carbonyl (C=O) groups excluding carboxylic acids is 1. The number of likely N-dealkylation sites (tertiary alicyclic amines) is 2. The molecular weight excluding hydrogens is 360 g/mol. The third-order valence-electron chi connectivity index (χ3n) is 8.95. The fourth-order valence-corrected chi connectivity index (χ4v) is 7.33. The van der Waals surface area contributed by atoms with Gasteiger partial charge in [0.25, 0.3) is 0 Å². The van der Waals surface area contributed by atoms with E-state index >= 15 is 0 Å². The molecule has 2 heterocycles. The Morgan fingerprint density at radius 3 is 2.72 bits per heavy atom. The van der Waals surface area contributed by atoms with Crippen molar-refractivity contribution in [2.24, 2.45) is 11.8 Å². The molecule has 29 heavy (non-hydrogen) atoms. The van der Waals surface area contributed by atoms with Gasteiger partial charge < -0.3 is 10.0 Å². The smallest absolute Gasteiger partial charge is 0.225 e. The second-order valence-electron chi connectivity index (χ2n) is 10.7. The summed E-state index contributed by atoms with van der Waals surface area (Å²) in [6.07, 6.45) is 8.38. The summed E-state index contributed by atoms with van der Waals surface area (Å²) in [6.45, 7) is 6.18. The van der Waals surface area contributed by atoms with Crippen LogP contribution in [0.3, 0.4) is 0 Å². The van der Waals surface area contributed by atoms with Crippen molar-refractivity contribution in [3.63, 3.8) is 0 Å². The molecule has 4 heteroatoms. The standard InChI is InChI=1S/C25H34N2O2/c1-17-4-7-19-13-22-25(29)15-20(23(28)26-9-2-3-10-26)14-24(25,21(19)12-17)8-11-27(22)16-18-5-6-18/h4,7,12,18,20,22,29H,2-3,5-6,8-11,13-16H2,1H3/t20-,22-,24-,25-/m1/s1. The lowest BCUT2D eigenvalue weighted by atomic mass is 9.56. The molecule has 156 valence electrons. The molecule has 4 fully saturated rings. The molecule has 6 rings (SSSR count). The Morgan fingerprint density at radius 1 is 1.17 bits per heavy atom. The first-order valence-corrected chi connectivity index (χ1v) is 11.9. The van der Waals surface area contributed by atoms with E-state index in [4.69, 9.17) is 0 Å². The van der Waals surface area contributed by atoms with Crippen molar-refractivity contribution in [2.75, 3.05) is 26.2 Å². The first-order valence-electron chi connectivity index (χ1n) is 11.9. The first kappa shape index (κ1) is 18.4. The number of piperidine rings is 1. The molecule has 0 unspecified atom stereocenters. The van der Waals surface area contributed by atoms with Crippen LogP contribution in [0.1, 0.15) is 61.6 Å². The molecule has 4 nitrogen and oxygen atoms in total. The van der Waals surface area contributed by atoms with Crippen molar-refractivity contribution in [2.45, 2.75) is 75.3 Å². The Bertz CT molecular complexity index is 843. The largest absolute Gasteiger partial charge is 0.387 e. The van der Waals surface area contributed by atoms with Gasteiger partial charge in [-0.25, -0.2) is 0 Å². The first-order chi connectivity index (χ1) is 14.0. The quantitative estimate of drug-likeness (QED) is 0.857. The van der Waals surface area contributed by atoms with Crippen LogP contribution in [-0.2, 0) is 16.6 Å². The maximum atomic E-state index is 13.4. The van der Waals surface area contributed by atoms with Crippen LogP contribution in [0.25, 0.3) is 0 Å². The minimum Gasteiger partial charge on any atom is -0.387 e. The molecule has 1 aromatic rings. The van der Waals surface area contributed by atoms with E-state index in [-0.39, 0.29) is 17.4 Å². The Morgan fingerprint density at radius 2 is 1.97 bits per heavy atom. The van der Waals surface area contributed by atoms with Crippen molar-refractivity contribution in [3.8, 4) is 0 Å². The second-order valence-corrected chi connectivity index (χ2v) is 10.7. The van der Waals surface area contributed by atoms with Gasteiger partial charge in [-0.2, -0.15) is 0 Å². The van der Waals surface area contributed by atoms with Crippen molar-refractivity contribution in [3.05, 3.63) is 34.9 Å². The van der Waals surface area contributed by atoms with E-state index in [1.165, 1.54) is 29.5 Å². The van der Waals surface area contributed by atoms with E-state index in [9.17, 15) is 9.90 Å². The molecule has 2 aliphatic heterocycles. The molecule has 0 aromatic heterocycles. The lowest BCUT2D eigenvalue weighted by Gasteiger charge is -2.59. The highest BCUT2D eigenvalue weighted by molar-refractivity contribution is 5.80. The van der Waals surface area contributed by atoms with Gasteiger partial charge in [-0.1, -0.05) is 23.8 Å². The Kier molecular flexibility index (Phi) is 4.00. The average Bonchev–Trinajstić information content (AvgIpc) is 3.22. The Balaban J connectivity index is 1.41. The summed E-state index contributed by atoms with van der Waals surface area (Å²) >= 11 is 0. The fourth-order valence-electron chi connectivity index (χ4n) is 7.33. The SMILES string of the molecule is Cc1ccc2c(c1)[C@]13CCN(CC4CC4)[C@H](C2)[C@]1(O)C[C@H](C(=O)N1CCCC1)C3. The second kappa shape index (κ2) is 6.31. The van der Waals surface area contributed by atoms with Gasteiger partial charge >= 0.3 is 0 Å². The van der Waals surface area contributed by atoms with Crippen molar-refractivity contribution in [1.82, 2.24) is 9.80 Å². The maximum Gasteiger partial charge on any atom is 0.225 e. The number of aryl methyl sites for hydroxylation is 1. The summed E-state index contributed by atoms with van der Waals surface area (Å²) in [7, 11) is 0. The van der Waals surface area contributed by atoms with Gasteiger partial charge in [-0.15, -0.1) is 0 Å². The molecular formula is C25H34N2O2. The minimum absolute atomic E-state index is 0.0204. The highest BCUT2D eigenvalue weighted by atomic mass is 16.3. The van der Waals surface area contributed by atoms with E-state index in [2.05, 4.69) is 34.9 Å². The lowest BCUT2D eigenvalue weighted by Crippen LogP contribution is -2.69. The lowest BCUT2D eigenvalue weighted by molar-refractivity contribution is -0.138. The third kappa shape index (κ3) is 2.61. The molecule has 2 bridgehead atoms. The van der Waals surface area contributed by atoms with Crippen LogP contribution in [0.5, 0.6) is 0 Å². The van der Waals surface area contributed by atoms with Crippen LogP contribution >= 0.6 is 0 Å². The van der Waals surface area contributed by atoms with E-state index in [1.807, 2.05) is 0 Å². The maximum absolute atomic E-state index is 13.4. The zero-order chi connectivity index (χ0) is 19.8. The number of hydrogen-bond donors (Lipinski definition) is 1. The van der Waals surface area contributed by atoms with E-state index in [0.29, 0.717) is 12.3 Å². The summed E-state index contributed by atoms with van der Waals surface area (Å²) in [5, 5.41) is 12.4. The van der Waals surface area contributed by atoms with Gasteiger partial charge in [0.2, 0.25) is 5.91 Å². The topological polar surface area (TPSA) is 43.8 Å². The molecule has 0 radical (unpaired) electrons. The van der Waals surface area contributed by atoms with Crippen molar-refractivity contribution < 1.29 is 9.90 Å². The molecule has 0 spiro atoms. The summed E-state index contributed by atoms with van der Waals surface area (Å²) in [5.74, 6) is 1.12. The van der Waals surface area contributed by atoms with Crippen LogP contribution in [0.15, 0.2) is 18.2 Å². The summed E-state index contributed by atoms with van der Waals surface area (Å²) in [4.78, 5) is 18.0. The van der Waals surface area contributed by atoms with E-state index < -0.39 is 5.60 Å². The molecule has 1 aromatic carbocycles. The number of nitrogens with zero attached hydrogens (tertiary/aromatic N) is 2. The van der Waals surface area contributed by atoms with Gasteiger partial charge in [0, 0.05) is 37.0 Å². The molecule has 1 amide bonds. The zero-order valence-electron chi connectivity index (χ0n) is 17.7. The Labute approximate surface area is 174 Å². The number of hydrogen-bond acceptors (Lipinski definition) is 3. The zero-order valence-corrected chi connectivity index (χ0v) is 17.7. The summed E-state index contributed by atoms with van der Waals surface area (Å²) in [6, 6.07) is 7.02. The van der Waals surface area contributed by atoms with Gasteiger partial charge in [0.15, 0.2) is 0 Å². The van der Waals surface area contributed by atoms with Crippen molar-refractivity contribution >= 4 is 5.91 Å². The average molecular weight is 395 g/mol. The normalized spacial score (nSPS) is 38.8. The molecule has 1 N–H and O–H groups in total. The summed E-state index contributed by atoms with van der Waals surface area (Å²) < 4.78 is 0. The molecule has 3 aliphatic carbocycles. The number of rotatable bonds is 3. The monoisotopic (exact) mass is 394 g/mol. The Hall–Kier alpha value is -1.39. The van der Waals surface area contributed by atoms with Crippen LogP contribution < -0.4 is 0 Å². The number of fused-ring (bicyclic) bond motifs is 1. The number of benzene rings is 1. The van der Waals surface area contributed by atoms with Gasteiger partial charge in [0.1, 0.15) is 0 Å². The summed E-state index contributed by atoms with van der Waals surface area (Å²) in [5.41, 5.74) is 3.05. The molecule has 2 saturated carbocycles. The molecule has 5 aliphatic rings. The van der Waals surface area contributed by atoms with Crippen molar-refractivity contribution in [1.29, 1.82) is 0 Å². The number of carbonyl (C=O) groups is 1. The van der Waals surface area contributed by atoms with Crippen LogP contribution in [0, 0.1) is 18.8 Å². The number of aliphatic hydroxyl groups is 1. The fraction of sp³-hybridized carbons (Fsp3) is 0.720. The van der Waals surface area contributed by atoms with E-state index in [1.54, 1.807) is 0 Å². The third-order valence-corrected chi connectivity index (χ3v) is 8.95. The van der Waals surface area contributed by atoms with Crippen LogP contribution in [0.4, 0.5) is 0 Å². The van der Waals surface area contributed by atoms with Crippen LogP contribution in [0.2, 0.25) is 0 Å². The molecule has 4 atom stereocenters. The number of amides is 1. The van der Waals surface area contributed by atoms with Gasteiger partial charge in [-0.05, 0) is 81.9 Å². The van der Waals surface area contributed by atoms with Gasteiger partial charge in [0.05, 0.1) is 5.60 Å². The van der Waals surface area contributed by atoms with Gasteiger partial charge in [-0.3, -0.25) is 9.69 Å². The van der Waals surface area contributed by atoms with Crippen LogP contribution in [-0.4, -0.2) is 58.6 Å². The predicted molar refractivity (Wildman–Crippen MR) is 113 cm³/mol. The predicted octanol–water partition coefficient (Wildman–Crippen LogP) is 3.04.